The van der Waals surface area contributed by atoms with E-state index in [1.807, 2.05) is 12.1 Å². The first-order valence-electron chi connectivity index (χ1n) is 6.80. The van der Waals surface area contributed by atoms with Gasteiger partial charge in [0.1, 0.15) is 0 Å². The fourth-order valence-electron chi connectivity index (χ4n) is 2.22. The van der Waals surface area contributed by atoms with E-state index in [0.29, 0.717) is 5.92 Å². The molecule has 0 bridgehead atoms. The fraction of sp³-hybridized carbons (Fsp3) is 0.600. The summed E-state index contributed by atoms with van der Waals surface area (Å²) >= 11 is 5.89. The topological polar surface area (TPSA) is 15.3 Å². The number of halogens is 1. The summed E-state index contributed by atoms with van der Waals surface area (Å²) in [5.74, 6) is 0.697. The van der Waals surface area contributed by atoms with Crippen LogP contribution in [0.2, 0.25) is 5.02 Å². The number of benzene rings is 1. The summed E-state index contributed by atoms with van der Waals surface area (Å²) in [5.41, 5.74) is 1.32. The van der Waals surface area contributed by atoms with Crippen LogP contribution in [0.1, 0.15) is 25.3 Å². The average Bonchev–Trinajstić information content (AvgIpc) is 3.13. The molecule has 18 heavy (non-hydrogen) atoms. The van der Waals surface area contributed by atoms with Crippen molar-refractivity contribution in [2.24, 2.45) is 5.92 Å². The first-order chi connectivity index (χ1) is 8.63. The molecule has 100 valence electrons. The summed E-state index contributed by atoms with van der Waals surface area (Å²) < 4.78 is 0. The summed E-state index contributed by atoms with van der Waals surface area (Å²) in [7, 11) is 2.18. The second kappa shape index (κ2) is 6.55. The molecule has 1 aromatic rings. The van der Waals surface area contributed by atoms with Crippen LogP contribution in [0.5, 0.6) is 0 Å². The Hall–Kier alpha value is -0.570. The van der Waals surface area contributed by atoms with E-state index in [2.05, 4.69) is 36.3 Å². The van der Waals surface area contributed by atoms with Crippen LogP contribution in [0.15, 0.2) is 24.3 Å². The molecule has 1 fully saturated rings. The lowest BCUT2D eigenvalue weighted by Crippen LogP contribution is -2.31. The van der Waals surface area contributed by atoms with E-state index in [1.54, 1.807) is 0 Å². The van der Waals surface area contributed by atoms with E-state index in [9.17, 15) is 0 Å². The minimum Gasteiger partial charge on any atom is -0.314 e. The molecule has 1 saturated carbocycles. The highest BCUT2D eigenvalue weighted by Gasteiger charge is 2.21. The molecule has 1 unspecified atom stereocenters. The van der Waals surface area contributed by atoms with Crippen molar-refractivity contribution in [2.45, 2.75) is 32.4 Å². The Morgan fingerprint density at radius 3 is 2.61 bits per heavy atom. The van der Waals surface area contributed by atoms with Gasteiger partial charge in [0.2, 0.25) is 0 Å². The molecule has 2 nitrogen and oxygen atoms in total. The molecule has 0 amide bonds. The molecule has 1 N–H and O–H groups in total. The molecular weight excluding hydrogens is 244 g/mol. The standard InChI is InChI=1S/C15H23ClN2/c1-12(9-17-15-7-8-15)10-18(2)11-13-3-5-14(16)6-4-13/h3-6,12,15,17H,7-11H2,1-2H3. The van der Waals surface area contributed by atoms with E-state index in [0.717, 1.165) is 30.7 Å². The molecule has 0 aliphatic heterocycles. The largest absolute Gasteiger partial charge is 0.314 e. The highest BCUT2D eigenvalue weighted by atomic mass is 35.5. The molecule has 1 atom stereocenters. The quantitative estimate of drug-likeness (QED) is 0.816. The van der Waals surface area contributed by atoms with Gasteiger partial charge in [0.25, 0.3) is 0 Å². The maximum Gasteiger partial charge on any atom is 0.0406 e. The lowest BCUT2D eigenvalue weighted by molar-refractivity contribution is 0.273. The van der Waals surface area contributed by atoms with E-state index >= 15 is 0 Å². The monoisotopic (exact) mass is 266 g/mol. The number of rotatable bonds is 7. The van der Waals surface area contributed by atoms with Gasteiger partial charge in [0, 0.05) is 24.2 Å². The molecule has 0 spiro atoms. The highest BCUT2D eigenvalue weighted by Crippen LogP contribution is 2.19. The zero-order chi connectivity index (χ0) is 13.0. The summed E-state index contributed by atoms with van der Waals surface area (Å²) in [6.45, 7) is 5.57. The zero-order valence-electron chi connectivity index (χ0n) is 11.3. The zero-order valence-corrected chi connectivity index (χ0v) is 12.1. The lowest BCUT2D eigenvalue weighted by atomic mass is 10.1. The Balaban J connectivity index is 1.69. The van der Waals surface area contributed by atoms with Crippen molar-refractivity contribution in [3.63, 3.8) is 0 Å². The van der Waals surface area contributed by atoms with Gasteiger partial charge in [-0.25, -0.2) is 0 Å². The van der Waals surface area contributed by atoms with Gasteiger partial charge in [-0.15, -0.1) is 0 Å². The maximum absolute atomic E-state index is 5.89. The Bertz CT molecular complexity index is 359. The lowest BCUT2D eigenvalue weighted by Gasteiger charge is -2.21. The summed E-state index contributed by atoms with van der Waals surface area (Å²) in [5, 5.41) is 4.40. The van der Waals surface area contributed by atoms with Crippen LogP contribution in [-0.2, 0) is 6.54 Å². The number of nitrogens with zero attached hydrogens (tertiary/aromatic N) is 1. The van der Waals surface area contributed by atoms with Crippen LogP contribution in [0.4, 0.5) is 0 Å². The fourth-order valence-corrected chi connectivity index (χ4v) is 2.34. The first-order valence-corrected chi connectivity index (χ1v) is 7.17. The van der Waals surface area contributed by atoms with Gasteiger partial charge in [-0.2, -0.15) is 0 Å². The number of nitrogens with one attached hydrogen (secondary N) is 1. The summed E-state index contributed by atoms with van der Waals surface area (Å²) in [6, 6.07) is 8.94. The highest BCUT2D eigenvalue weighted by molar-refractivity contribution is 6.30. The first kappa shape index (κ1) is 13.9. The molecule has 1 aromatic carbocycles. The molecule has 0 radical (unpaired) electrons. The Morgan fingerprint density at radius 1 is 1.33 bits per heavy atom. The number of hydrogen-bond acceptors (Lipinski definition) is 2. The van der Waals surface area contributed by atoms with Crippen molar-refractivity contribution in [1.29, 1.82) is 0 Å². The van der Waals surface area contributed by atoms with Gasteiger partial charge >= 0.3 is 0 Å². The van der Waals surface area contributed by atoms with Gasteiger partial charge in [-0.3, -0.25) is 0 Å². The average molecular weight is 267 g/mol. The third-order valence-electron chi connectivity index (χ3n) is 3.32. The minimum atomic E-state index is 0.697. The van der Waals surface area contributed by atoms with Crippen molar-refractivity contribution in [1.82, 2.24) is 10.2 Å². The molecule has 0 aromatic heterocycles. The third kappa shape index (κ3) is 4.97. The molecule has 1 aliphatic rings. The van der Waals surface area contributed by atoms with Crippen molar-refractivity contribution >= 4 is 11.6 Å². The van der Waals surface area contributed by atoms with E-state index in [-0.39, 0.29) is 0 Å². The molecule has 0 saturated heterocycles. The van der Waals surface area contributed by atoms with Crippen molar-refractivity contribution < 1.29 is 0 Å². The third-order valence-corrected chi connectivity index (χ3v) is 3.57. The Morgan fingerprint density at radius 2 is 2.00 bits per heavy atom. The van der Waals surface area contributed by atoms with Crippen LogP contribution in [0, 0.1) is 5.92 Å². The maximum atomic E-state index is 5.89. The predicted octanol–water partition coefficient (Wildman–Crippen LogP) is 3.16. The Kier molecular flexibility index (Phi) is 5.04. The van der Waals surface area contributed by atoms with Gasteiger partial charge in [-0.05, 0) is 50.0 Å². The van der Waals surface area contributed by atoms with E-state index in [4.69, 9.17) is 11.6 Å². The van der Waals surface area contributed by atoms with Crippen LogP contribution < -0.4 is 5.32 Å². The molecule has 2 rings (SSSR count). The second-order valence-corrected chi connectivity index (χ2v) is 6.05. The summed E-state index contributed by atoms with van der Waals surface area (Å²) in [6.07, 6.45) is 2.74. The van der Waals surface area contributed by atoms with Gasteiger partial charge in [0.15, 0.2) is 0 Å². The van der Waals surface area contributed by atoms with Crippen molar-refractivity contribution in [3.8, 4) is 0 Å². The smallest absolute Gasteiger partial charge is 0.0406 e. The second-order valence-electron chi connectivity index (χ2n) is 5.61. The van der Waals surface area contributed by atoms with Gasteiger partial charge < -0.3 is 10.2 Å². The molecule has 1 aliphatic carbocycles. The predicted molar refractivity (Wildman–Crippen MR) is 78.0 cm³/mol. The van der Waals surface area contributed by atoms with Gasteiger partial charge in [-0.1, -0.05) is 30.7 Å². The SMILES string of the molecule is CC(CNC1CC1)CN(C)Cc1ccc(Cl)cc1. The minimum absolute atomic E-state index is 0.697. The van der Waals surface area contributed by atoms with Crippen molar-refractivity contribution in [3.05, 3.63) is 34.9 Å². The van der Waals surface area contributed by atoms with E-state index < -0.39 is 0 Å². The van der Waals surface area contributed by atoms with Crippen LogP contribution in [0.25, 0.3) is 0 Å². The number of hydrogen-bond donors (Lipinski definition) is 1. The van der Waals surface area contributed by atoms with Crippen LogP contribution in [0.3, 0.4) is 0 Å². The summed E-state index contributed by atoms with van der Waals surface area (Å²) in [4.78, 5) is 2.38. The Labute approximate surface area is 115 Å². The van der Waals surface area contributed by atoms with Crippen LogP contribution in [-0.4, -0.2) is 31.1 Å². The molecule has 0 heterocycles. The van der Waals surface area contributed by atoms with E-state index in [1.165, 1.54) is 18.4 Å². The van der Waals surface area contributed by atoms with Gasteiger partial charge in [0.05, 0.1) is 0 Å². The van der Waals surface area contributed by atoms with Crippen LogP contribution >= 0.6 is 11.6 Å². The molecular formula is C15H23ClN2. The molecule has 3 heteroatoms. The van der Waals surface area contributed by atoms with Crippen molar-refractivity contribution in [2.75, 3.05) is 20.1 Å². The normalized spacial score (nSPS) is 17.1.